The molecule has 1 N–H and O–H groups in total. The number of rotatable bonds is 4. The molecule has 106 valence electrons. The minimum atomic E-state index is -0.141. The molecule has 20 heavy (non-hydrogen) atoms. The smallest absolute Gasteiger partial charge is 0.268 e. The van der Waals surface area contributed by atoms with Gasteiger partial charge in [0.05, 0.1) is 6.04 Å². The second-order valence-corrected chi connectivity index (χ2v) is 6.24. The van der Waals surface area contributed by atoms with Gasteiger partial charge in [-0.1, -0.05) is 0 Å². The zero-order chi connectivity index (χ0) is 14.3. The maximum atomic E-state index is 12.4. The Bertz CT molecular complexity index is 640. The van der Waals surface area contributed by atoms with E-state index >= 15 is 0 Å². The normalized spacial score (nSPS) is 16.1. The number of furan rings is 1. The summed E-state index contributed by atoms with van der Waals surface area (Å²) in [7, 11) is 0. The van der Waals surface area contributed by atoms with Gasteiger partial charge in [0.25, 0.3) is 5.91 Å². The molecule has 5 heteroatoms. The van der Waals surface area contributed by atoms with Crippen LogP contribution in [0.2, 0.25) is 0 Å². The number of nitrogens with zero attached hydrogens (tertiary/aromatic N) is 1. The fourth-order valence-corrected chi connectivity index (χ4v) is 2.75. The molecule has 2 aromatic rings. The van der Waals surface area contributed by atoms with Crippen molar-refractivity contribution in [3.05, 3.63) is 46.1 Å². The third-order valence-electron chi connectivity index (χ3n) is 3.52. The average molecular weight is 337 g/mol. The van der Waals surface area contributed by atoms with Gasteiger partial charge in [0.15, 0.2) is 0 Å². The second kappa shape index (κ2) is 5.13. The third kappa shape index (κ3) is 2.68. The number of aromatic nitrogens is 1. The quantitative estimate of drug-likeness (QED) is 0.917. The van der Waals surface area contributed by atoms with E-state index in [-0.39, 0.29) is 11.9 Å². The van der Waals surface area contributed by atoms with Crippen LogP contribution in [0, 0.1) is 6.92 Å². The SMILES string of the molecule is Cc1ccc(C(C)NC(=O)c2cc(Br)cn2C2CC2)o1. The lowest BCUT2D eigenvalue weighted by Crippen LogP contribution is -2.28. The summed E-state index contributed by atoms with van der Waals surface area (Å²) in [6.07, 6.45) is 4.27. The minimum absolute atomic E-state index is 0.0656. The lowest BCUT2D eigenvalue weighted by molar-refractivity contribution is 0.0925. The largest absolute Gasteiger partial charge is 0.464 e. The van der Waals surface area contributed by atoms with Crippen LogP contribution >= 0.6 is 15.9 Å². The topological polar surface area (TPSA) is 47.2 Å². The summed E-state index contributed by atoms with van der Waals surface area (Å²) < 4.78 is 8.54. The van der Waals surface area contributed by atoms with E-state index in [1.807, 2.05) is 38.2 Å². The van der Waals surface area contributed by atoms with Crippen LogP contribution in [0.4, 0.5) is 0 Å². The van der Waals surface area contributed by atoms with Gasteiger partial charge in [0, 0.05) is 16.7 Å². The van der Waals surface area contributed by atoms with Gasteiger partial charge in [0.1, 0.15) is 17.2 Å². The molecule has 1 fully saturated rings. The molecule has 3 rings (SSSR count). The molecule has 4 nitrogen and oxygen atoms in total. The van der Waals surface area contributed by atoms with Gasteiger partial charge < -0.3 is 14.3 Å². The first-order chi connectivity index (χ1) is 9.54. The van der Waals surface area contributed by atoms with E-state index in [0.717, 1.165) is 28.8 Å². The number of carbonyl (C=O) groups excluding carboxylic acids is 1. The van der Waals surface area contributed by atoms with E-state index in [1.165, 1.54) is 0 Å². The summed E-state index contributed by atoms with van der Waals surface area (Å²) in [5.74, 6) is 1.56. The molecular formula is C15H17BrN2O2. The van der Waals surface area contributed by atoms with Crippen LogP contribution in [0.1, 0.15) is 53.9 Å². The van der Waals surface area contributed by atoms with Crippen molar-refractivity contribution in [2.24, 2.45) is 0 Å². The monoisotopic (exact) mass is 336 g/mol. The van der Waals surface area contributed by atoms with Gasteiger partial charge in [-0.05, 0) is 60.8 Å². The Morgan fingerprint density at radius 3 is 2.85 bits per heavy atom. The number of halogens is 1. The first kappa shape index (κ1) is 13.5. The van der Waals surface area contributed by atoms with Crippen molar-refractivity contribution in [2.75, 3.05) is 0 Å². The lowest BCUT2D eigenvalue weighted by atomic mass is 10.2. The fraction of sp³-hybridized carbons (Fsp3) is 0.400. The van der Waals surface area contributed by atoms with E-state index in [1.54, 1.807) is 0 Å². The zero-order valence-electron chi connectivity index (χ0n) is 11.5. The molecule has 0 saturated heterocycles. The van der Waals surface area contributed by atoms with Crippen molar-refractivity contribution in [2.45, 2.75) is 38.8 Å². The molecule has 2 heterocycles. The Kier molecular flexibility index (Phi) is 3.46. The maximum absolute atomic E-state index is 12.4. The molecule has 1 amide bonds. The summed E-state index contributed by atoms with van der Waals surface area (Å²) in [6.45, 7) is 3.82. The van der Waals surface area contributed by atoms with E-state index in [0.29, 0.717) is 11.7 Å². The number of carbonyl (C=O) groups is 1. The second-order valence-electron chi connectivity index (χ2n) is 5.33. The Balaban J connectivity index is 1.76. The molecule has 2 aromatic heterocycles. The molecule has 1 aliphatic carbocycles. The lowest BCUT2D eigenvalue weighted by Gasteiger charge is -2.13. The van der Waals surface area contributed by atoms with Crippen molar-refractivity contribution in [1.29, 1.82) is 0 Å². The van der Waals surface area contributed by atoms with Crippen LogP contribution in [-0.2, 0) is 0 Å². The third-order valence-corrected chi connectivity index (χ3v) is 3.96. The molecular weight excluding hydrogens is 320 g/mol. The minimum Gasteiger partial charge on any atom is -0.464 e. The average Bonchev–Trinajstić information content (AvgIpc) is 3.03. The summed E-state index contributed by atoms with van der Waals surface area (Å²) in [4.78, 5) is 12.4. The van der Waals surface area contributed by atoms with Gasteiger partial charge in [-0.15, -0.1) is 0 Å². The highest BCUT2D eigenvalue weighted by atomic mass is 79.9. The van der Waals surface area contributed by atoms with Gasteiger partial charge in [-0.25, -0.2) is 0 Å². The molecule has 1 unspecified atom stereocenters. The Hall–Kier alpha value is -1.49. The fourth-order valence-electron chi connectivity index (χ4n) is 2.31. The maximum Gasteiger partial charge on any atom is 0.268 e. The first-order valence-corrected chi connectivity index (χ1v) is 7.58. The van der Waals surface area contributed by atoms with E-state index in [4.69, 9.17) is 4.42 Å². The highest BCUT2D eigenvalue weighted by molar-refractivity contribution is 9.10. The van der Waals surface area contributed by atoms with Crippen molar-refractivity contribution >= 4 is 21.8 Å². The zero-order valence-corrected chi connectivity index (χ0v) is 13.1. The van der Waals surface area contributed by atoms with Crippen LogP contribution < -0.4 is 5.32 Å². The molecule has 0 aliphatic heterocycles. The Morgan fingerprint density at radius 1 is 1.50 bits per heavy atom. The highest BCUT2D eigenvalue weighted by Crippen LogP contribution is 2.37. The van der Waals surface area contributed by atoms with E-state index in [2.05, 4.69) is 25.8 Å². The van der Waals surface area contributed by atoms with Crippen molar-refractivity contribution in [3.8, 4) is 0 Å². The van der Waals surface area contributed by atoms with Gasteiger partial charge in [-0.3, -0.25) is 4.79 Å². The van der Waals surface area contributed by atoms with Crippen LogP contribution in [0.15, 0.2) is 33.3 Å². The van der Waals surface area contributed by atoms with Gasteiger partial charge in [0.2, 0.25) is 0 Å². The highest BCUT2D eigenvalue weighted by Gasteiger charge is 2.28. The van der Waals surface area contributed by atoms with E-state index in [9.17, 15) is 4.79 Å². The Labute approximate surface area is 126 Å². The molecule has 1 aliphatic rings. The predicted molar refractivity (Wildman–Crippen MR) is 79.7 cm³/mol. The van der Waals surface area contributed by atoms with Crippen LogP contribution in [0.3, 0.4) is 0 Å². The predicted octanol–water partition coefficient (Wildman–Crippen LogP) is 3.98. The molecule has 0 radical (unpaired) electrons. The van der Waals surface area contributed by atoms with Crippen LogP contribution in [-0.4, -0.2) is 10.5 Å². The summed E-state index contributed by atoms with van der Waals surface area (Å²) in [5, 5.41) is 2.99. The number of amides is 1. The Morgan fingerprint density at radius 2 is 2.25 bits per heavy atom. The van der Waals surface area contributed by atoms with Gasteiger partial charge in [-0.2, -0.15) is 0 Å². The first-order valence-electron chi connectivity index (χ1n) is 6.79. The van der Waals surface area contributed by atoms with Crippen molar-refractivity contribution < 1.29 is 9.21 Å². The number of hydrogen-bond donors (Lipinski definition) is 1. The van der Waals surface area contributed by atoms with Crippen molar-refractivity contribution in [1.82, 2.24) is 9.88 Å². The standard InChI is InChI=1S/C15H17BrN2O2/c1-9-3-6-14(20-9)10(2)17-15(19)13-7-11(16)8-18(13)12-4-5-12/h3,6-8,10,12H,4-5H2,1-2H3,(H,17,19). The van der Waals surface area contributed by atoms with Crippen LogP contribution in [0.25, 0.3) is 0 Å². The number of hydrogen-bond acceptors (Lipinski definition) is 2. The molecule has 0 aromatic carbocycles. The van der Waals surface area contributed by atoms with Crippen LogP contribution in [0.5, 0.6) is 0 Å². The molecule has 0 spiro atoms. The van der Waals surface area contributed by atoms with E-state index < -0.39 is 0 Å². The summed E-state index contributed by atoms with van der Waals surface area (Å²) in [6, 6.07) is 6.01. The summed E-state index contributed by atoms with van der Waals surface area (Å²) in [5.41, 5.74) is 0.703. The summed E-state index contributed by atoms with van der Waals surface area (Å²) >= 11 is 3.44. The molecule has 1 saturated carbocycles. The number of aryl methyl sites for hydroxylation is 1. The molecule has 0 bridgehead atoms. The van der Waals surface area contributed by atoms with Crippen molar-refractivity contribution in [3.63, 3.8) is 0 Å². The molecule has 1 atom stereocenters. The van der Waals surface area contributed by atoms with Gasteiger partial charge >= 0.3 is 0 Å². The number of nitrogens with one attached hydrogen (secondary N) is 1.